The summed E-state index contributed by atoms with van der Waals surface area (Å²) in [7, 11) is 0. The number of aromatic nitrogens is 3. The Morgan fingerprint density at radius 2 is 0.614 bits per heavy atom. The van der Waals surface area contributed by atoms with E-state index >= 15 is 0 Å². The lowest BCUT2D eigenvalue weighted by Gasteiger charge is -2.45. The zero-order chi connectivity index (χ0) is 60.5. The molecule has 0 atom stereocenters. The predicted octanol–water partition coefficient (Wildman–Crippen LogP) is 20.3. The standard InChI is InChI=1S/C82H74BN5/c1-79(2,3)51-38-42-64-57(46-51)58-47-52(80(4,5)6)39-43-65(58)85(64)70-34-22-23-35-71(70)87-68-32-20-17-29-61(68)83-62-30-18-21-33-69(62)88(78-76-56-28-16-19-31-63(56)84(55-26-14-13-15-27-55)74(76)50-75(87)77(78)83)73-37-25-24-36-72(73)86-66-44-40-53(81(7,8)9)48-59(66)60-49-54(82(10,11)12)41-45-67(60)86/h13-50H,1-12H3. The molecule has 3 aromatic heterocycles. The van der Waals surface area contributed by atoms with Crippen LogP contribution >= 0.6 is 0 Å². The summed E-state index contributed by atoms with van der Waals surface area (Å²) in [6.07, 6.45) is 0. The Hall–Kier alpha value is -9.52. The highest BCUT2D eigenvalue weighted by molar-refractivity contribution is 7.00. The van der Waals surface area contributed by atoms with Crippen molar-refractivity contribution in [3.05, 3.63) is 253 Å². The third kappa shape index (κ3) is 7.99. The van der Waals surface area contributed by atoms with Gasteiger partial charge < -0.3 is 23.5 Å². The molecule has 0 saturated carbocycles. The van der Waals surface area contributed by atoms with Crippen molar-refractivity contribution in [2.24, 2.45) is 0 Å². The summed E-state index contributed by atoms with van der Waals surface area (Å²) in [4.78, 5) is 5.29. The fourth-order valence-electron chi connectivity index (χ4n) is 14.9. The van der Waals surface area contributed by atoms with Gasteiger partial charge in [-0.25, -0.2) is 0 Å². The summed E-state index contributed by atoms with van der Waals surface area (Å²) < 4.78 is 7.63. The molecule has 2 aliphatic heterocycles. The Balaban J connectivity index is 1.04. The predicted molar refractivity (Wildman–Crippen MR) is 378 cm³/mol. The SMILES string of the molecule is CC(C)(C)c1ccc2c(c1)c1cc(C(C)(C)C)ccc1n2-c1ccccc1N1c2ccccc2B2c3ccccc3N(c3ccccc3-n3c4ccc(C(C)(C)C)cc4c4cc(C(C)(C)C)ccc43)c3c2c1cc1c3c2ccccc2n1-c1ccccc1. The second-order valence-electron chi connectivity index (χ2n) is 29.0. The Kier molecular flexibility index (Phi) is 11.6. The van der Waals surface area contributed by atoms with Gasteiger partial charge in [-0.2, -0.15) is 0 Å². The minimum Gasteiger partial charge on any atom is -0.309 e. The van der Waals surface area contributed by atoms with E-state index in [1.165, 1.54) is 110 Å². The molecule has 5 nitrogen and oxygen atoms in total. The summed E-state index contributed by atoms with van der Waals surface area (Å²) in [5.74, 6) is 0. The van der Waals surface area contributed by atoms with Crippen molar-refractivity contribution in [1.29, 1.82) is 0 Å². The summed E-state index contributed by atoms with van der Waals surface area (Å²) in [5.41, 5.74) is 26.4. The normalized spacial score (nSPS) is 13.6. The summed E-state index contributed by atoms with van der Waals surface area (Å²) in [6.45, 7) is 27.8. The highest BCUT2D eigenvalue weighted by Gasteiger charge is 2.46. The van der Waals surface area contributed by atoms with Crippen LogP contribution in [0.2, 0.25) is 0 Å². The van der Waals surface area contributed by atoms with Crippen LogP contribution in [0.15, 0.2) is 231 Å². The highest BCUT2D eigenvalue weighted by Crippen LogP contribution is 2.53. The van der Waals surface area contributed by atoms with E-state index in [9.17, 15) is 0 Å². The molecule has 430 valence electrons. The van der Waals surface area contributed by atoms with Gasteiger partial charge in [0.1, 0.15) is 0 Å². The van der Waals surface area contributed by atoms with Gasteiger partial charge in [0.05, 0.1) is 61.5 Å². The van der Waals surface area contributed by atoms with Crippen LogP contribution in [0.3, 0.4) is 0 Å². The number of para-hydroxylation sites is 8. The topological polar surface area (TPSA) is 21.3 Å². The van der Waals surface area contributed by atoms with Crippen LogP contribution in [0.5, 0.6) is 0 Å². The largest absolute Gasteiger partial charge is 0.309 e. The van der Waals surface area contributed by atoms with Crippen LogP contribution < -0.4 is 26.2 Å². The molecule has 0 radical (unpaired) electrons. The van der Waals surface area contributed by atoms with Crippen molar-refractivity contribution < 1.29 is 0 Å². The van der Waals surface area contributed by atoms with Crippen molar-refractivity contribution >= 4 is 123 Å². The molecule has 0 fully saturated rings. The third-order valence-electron chi connectivity index (χ3n) is 19.4. The van der Waals surface area contributed by atoms with Gasteiger partial charge in [0.25, 0.3) is 6.71 Å². The van der Waals surface area contributed by atoms with Crippen molar-refractivity contribution in [2.75, 3.05) is 9.80 Å². The Morgan fingerprint density at radius 3 is 1.06 bits per heavy atom. The maximum Gasteiger partial charge on any atom is 0.252 e. The maximum absolute atomic E-state index is 2.67. The van der Waals surface area contributed by atoms with Gasteiger partial charge in [-0.1, -0.05) is 204 Å². The molecule has 6 heteroatoms. The second-order valence-corrected chi connectivity index (χ2v) is 29.0. The number of benzene rings is 11. The molecular weight excluding hydrogens is 1070 g/mol. The van der Waals surface area contributed by atoms with Gasteiger partial charge in [0.15, 0.2) is 0 Å². The van der Waals surface area contributed by atoms with Crippen LogP contribution in [0.25, 0.3) is 82.5 Å². The molecule has 88 heavy (non-hydrogen) atoms. The monoisotopic (exact) mass is 1140 g/mol. The molecule has 16 rings (SSSR count). The lowest BCUT2D eigenvalue weighted by molar-refractivity contribution is 0.590. The first-order valence-electron chi connectivity index (χ1n) is 31.5. The lowest BCUT2D eigenvalue weighted by atomic mass is 9.33. The molecule has 2 aliphatic rings. The summed E-state index contributed by atoms with van der Waals surface area (Å²) in [6, 6.07) is 88.4. The van der Waals surface area contributed by atoms with E-state index in [1.807, 2.05) is 0 Å². The second kappa shape index (κ2) is 19.0. The Bertz CT molecular complexity index is 5060. The fourth-order valence-corrected chi connectivity index (χ4v) is 14.9. The first-order valence-corrected chi connectivity index (χ1v) is 31.5. The number of nitrogens with zero attached hydrogens (tertiary/aromatic N) is 5. The molecule has 5 heterocycles. The van der Waals surface area contributed by atoms with Crippen molar-refractivity contribution in [2.45, 2.75) is 105 Å². The van der Waals surface area contributed by atoms with Crippen molar-refractivity contribution in [3.63, 3.8) is 0 Å². The first-order chi connectivity index (χ1) is 42.2. The van der Waals surface area contributed by atoms with Gasteiger partial charge in [-0.05, 0) is 169 Å². The lowest BCUT2D eigenvalue weighted by Crippen LogP contribution is -2.61. The maximum atomic E-state index is 2.67. The van der Waals surface area contributed by atoms with E-state index in [2.05, 4.69) is 337 Å². The van der Waals surface area contributed by atoms with E-state index in [0.717, 1.165) is 45.2 Å². The number of anilines is 6. The van der Waals surface area contributed by atoms with Gasteiger partial charge >= 0.3 is 0 Å². The molecule has 0 amide bonds. The van der Waals surface area contributed by atoms with E-state index in [0.29, 0.717) is 0 Å². The molecule has 0 unspecified atom stereocenters. The Labute approximate surface area is 517 Å². The number of hydrogen-bond donors (Lipinski definition) is 0. The van der Waals surface area contributed by atoms with Crippen molar-refractivity contribution in [1.82, 2.24) is 13.7 Å². The number of fused-ring (bicyclic) bond motifs is 14. The zero-order valence-corrected chi connectivity index (χ0v) is 52.8. The van der Waals surface area contributed by atoms with Gasteiger partial charge in [0, 0.05) is 55.1 Å². The minimum absolute atomic E-state index is 0.0288. The molecule has 0 N–H and O–H groups in total. The highest BCUT2D eigenvalue weighted by atomic mass is 15.2. The Morgan fingerprint density at radius 1 is 0.261 bits per heavy atom. The smallest absolute Gasteiger partial charge is 0.252 e. The van der Waals surface area contributed by atoms with E-state index in [1.54, 1.807) is 0 Å². The molecular formula is C82H74BN5. The quantitative estimate of drug-likeness (QED) is 0.160. The molecule has 14 aromatic rings. The minimum atomic E-state index is -0.104. The molecule has 0 spiro atoms. The van der Waals surface area contributed by atoms with Crippen molar-refractivity contribution in [3.8, 4) is 17.1 Å². The average molecular weight is 1140 g/mol. The van der Waals surface area contributed by atoms with Gasteiger partial charge in [0.2, 0.25) is 0 Å². The van der Waals surface area contributed by atoms with Crippen LogP contribution in [0.1, 0.15) is 105 Å². The molecule has 11 aromatic carbocycles. The zero-order valence-electron chi connectivity index (χ0n) is 52.8. The van der Waals surface area contributed by atoms with Crippen LogP contribution in [-0.2, 0) is 21.7 Å². The first kappa shape index (κ1) is 53.9. The molecule has 0 saturated heterocycles. The fraction of sp³-hybridized carbons (Fsp3) is 0.195. The van der Waals surface area contributed by atoms with E-state index in [-0.39, 0.29) is 28.4 Å². The summed E-state index contributed by atoms with van der Waals surface area (Å²) in [5, 5.41) is 7.51. The average Bonchev–Trinajstić information content (AvgIpc) is 1.20. The van der Waals surface area contributed by atoms with Gasteiger partial charge in [-0.3, -0.25) is 0 Å². The summed E-state index contributed by atoms with van der Waals surface area (Å²) >= 11 is 0. The van der Waals surface area contributed by atoms with E-state index in [4.69, 9.17) is 0 Å². The third-order valence-corrected chi connectivity index (χ3v) is 19.4. The molecule has 0 bridgehead atoms. The van der Waals surface area contributed by atoms with E-state index < -0.39 is 0 Å². The number of hydrogen-bond acceptors (Lipinski definition) is 2. The van der Waals surface area contributed by atoms with Gasteiger partial charge in [-0.15, -0.1) is 0 Å². The number of rotatable bonds is 5. The van der Waals surface area contributed by atoms with Crippen LogP contribution in [0.4, 0.5) is 34.1 Å². The van der Waals surface area contributed by atoms with Crippen LogP contribution in [0, 0.1) is 0 Å². The van der Waals surface area contributed by atoms with Crippen LogP contribution in [-0.4, -0.2) is 20.4 Å². The molecule has 0 aliphatic carbocycles.